The molecule has 3 aromatic rings. The summed E-state index contributed by atoms with van der Waals surface area (Å²) in [7, 11) is 0. The Balaban J connectivity index is 2.03. The molecule has 0 aliphatic heterocycles. The molecule has 1 aromatic heterocycles. The lowest BCUT2D eigenvalue weighted by Crippen LogP contribution is -2.13. The van der Waals surface area contributed by atoms with E-state index in [1.165, 1.54) is 0 Å². The summed E-state index contributed by atoms with van der Waals surface area (Å²) in [5.41, 5.74) is 3.30. The number of amides is 1. The number of nitrogens with zero attached hydrogens (tertiary/aromatic N) is 1. The molecule has 1 heterocycles. The van der Waals surface area contributed by atoms with Crippen LogP contribution in [0.1, 0.15) is 15.9 Å². The molecule has 0 aliphatic rings. The van der Waals surface area contributed by atoms with Crippen molar-refractivity contribution in [2.75, 3.05) is 5.32 Å². The Labute approximate surface area is 117 Å². The van der Waals surface area contributed by atoms with Crippen LogP contribution < -0.4 is 5.32 Å². The molecule has 1 amide bonds. The average molecular weight is 262 g/mol. The number of nitrogens with one attached hydrogen (secondary N) is 1. The molecule has 98 valence electrons. The highest BCUT2D eigenvalue weighted by Crippen LogP contribution is 2.25. The summed E-state index contributed by atoms with van der Waals surface area (Å²) in [6, 6.07) is 17.0. The second-order valence-corrected chi connectivity index (χ2v) is 4.65. The van der Waals surface area contributed by atoms with E-state index in [1.807, 2.05) is 49.4 Å². The number of fused-ring (bicyclic) bond motifs is 1. The van der Waals surface area contributed by atoms with Gasteiger partial charge in [0.25, 0.3) is 5.91 Å². The summed E-state index contributed by atoms with van der Waals surface area (Å²) in [5.74, 6) is -0.106. The number of pyridine rings is 1. The minimum Gasteiger partial charge on any atom is -0.321 e. The minimum absolute atomic E-state index is 0.106. The quantitative estimate of drug-likeness (QED) is 0.763. The van der Waals surface area contributed by atoms with Gasteiger partial charge in [0, 0.05) is 17.1 Å². The maximum atomic E-state index is 12.3. The third kappa shape index (κ3) is 2.26. The Bertz CT molecular complexity index is 766. The Morgan fingerprint density at radius 3 is 2.50 bits per heavy atom. The zero-order valence-electron chi connectivity index (χ0n) is 11.1. The van der Waals surface area contributed by atoms with E-state index in [0.29, 0.717) is 5.56 Å². The maximum Gasteiger partial charge on any atom is 0.255 e. The molecule has 20 heavy (non-hydrogen) atoms. The third-order valence-electron chi connectivity index (χ3n) is 3.24. The fourth-order valence-corrected chi connectivity index (χ4v) is 2.18. The number of aryl methyl sites for hydroxylation is 1. The van der Waals surface area contributed by atoms with Crippen LogP contribution in [0.3, 0.4) is 0 Å². The molecule has 0 atom stereocenters. The summed E-state index contributed by atoms with van der Waals surface area (Å²) in [5, 5.41) is 3.95. The number of aromatic nitrogens is 1. The zero-order chi connectivity index (χ0) is 13.9. The first-order valence-corrected chi connectivity index (χ1v) is 6.46. The van der Waals surface area contributed by atoms with Gasteiger partial charge in [0.05, 0.1) is 11.2 Å². The number of rotatable bonds is 2. The zero-order valence-corrected chi connectivity index (χ0v) is 11.1. The van der Waals surface area contributed by atoms with E-state index in [0.717, 1.165) is 22.2 Å². The Morgan fingerprint density at radius 1 is 1.00 bits per heavy atom. The van der Waals surface area contributed by atoms with Crippen LogP contribution in [-0.2, 0) is 0 Å². The van der Waals surface area contributed by atoms with E-state index in [4.69, 9.17) is 0 Å². The third-order valence-corrected chi connectivity index (χ3v) is 3.24. The maximum absolute atomic E-state index is 12.3. The number of hydrogen-bond acceptors (Lipinski definition) is 2. The van der Waals surface area contributed by atoms with E-state index >= 15 is 0 Å². The van der Waals surface area contributed by atoms with Gasteiger partial charge >= 0.3 is 0 Å². The van der Waals surface area contributed by atoms with Gasteiger partial charge in [0.2, 0.25) is 0 Å². The fraction of sp³-hybridized carbons (Fsp3) is 0.0588. The van der Waals surface area contributed by atoms with Crippen LogP contribution in [0.25, 0.3) is 10.9 Å². The molecule has 0 aliphatic carbocycles. The van der Waals surface area contributed by atoms with Crippen molar-refractivity contribution in [3.8, 4) is 0 Å². The summed E-state index contributed by atoms with van der Waals surface area (Å²) in [4.78, 5) is 16.6. The second-order valence-electron chi connectivity index (χ2n) is 4.65. The topological polar surface area (TPSA) is 42.0 Å². The van der Waals surface area contributed by atoms with E-state index in [-0.39, 0.29) is 5.91 Å². The predicted molar refractivity (Wildman–Crippen MR) is 80.9 cm³/mol. The predicted octanol–water partition coefficient (Wildman–Crippen LogP) is 3.80. The molecule has 0 fully saturated rings. The largest absolute Gasteiger partial charge is 0.321 e. The van der Waals surface area contributed by atoms with Crippen molar-refractivity contribution in [2.45, 2.75) is 6.92 Å². The lowest BCUT2D eigenvalue weighted by molar-refractivity contribution is 0.102. The van der Waals surface area contributed by atoms with Crippen molar-refractivity contribution in [1.29, 1.82) is 0 Å². The molecule has 3 rings (SSSR count). The number of carbonyl (C=O) groups is 1. The van der Waals surface area contributed by atoms with E-state index < -0.39 is 0 Å². The molecule has 0 saturated carbocycles. The summed E-state index contributed by atoms with van der Waals surface area (Å²) < 4.78 is 0. The van der Waals surface area contributed by atoms with Crippen LogP contribution in [0.2, 0.25) is 0 Å². The highest BCUT2D eigenvalue weighted by atomic mass is 16.1. The molecule has 3 nitrogen and oxygen atoms in total. The first kappa shape index (κ1) is 12.4. The van der Waals surface area contributed by atoms with E-state index in [2.05, 4.69) is 10.3 Å². The minimum atomic E-state index is -0.106. The summed E-state index contributed by atoms with van der Waals surface area (Å²) >= 11 is 0. The van der Waals surface area contributed by atoms with Gasteiger partial charge < -0.3 is 5.32 Å². The van der Waals surface area contributed by atoms with E-state index in [1.54, 1.807) is 18.3 Å². The first-order valence-electron chi connectivity index (χ1n) is 6.46. The molecular weight excluding hydrogens is 248 g/mol. The fourth-order valence-electron chi connectivity index (χ4n) is 2.18. The molecule has 3 heteroatoms. The lowest BCUT2D eigenvalue weighted by Gasteiger charge is -2.11. The smallest absolute Gasteiger partial charge is 0.255 e. The molecule has 0 bridgehead atoms. The van der Waals surface area contributed by atoms with Gasteiger partial charge in [-0.05, 0) is 30.7 Å². The van der Waals surface area contributed by atoms with Crippen LogP contribution in [0.4, 0.5) is 5.69 Å². The molecular formula is C17H14N2O. The number of hydrogen-bond donors (Lipinski definition) is 1. The molecule has 0 radical (unpaired) electrons. The lowest BCUT2D eigenvalue weighted by atomic mass is 10.1. The molecule has 1 N–H and O–H groups in total. The normalized spacial score (nSPS) is 10.4. The molecule has 0 unspecified atom stereocenters. The highest BCUT2D eigenvalue weighted by Gasteiger charge is 2.10. The van der Waals surface area contributed by atoms with Gasteiger partial charge in [-0.3, -0.25) is 9.78 Å². The Kier molecular flexibility index (Phi) is 3.17. The molecule has 2 aromatic carbocycles. The van der Waals surface area contributed by atoms with Crippen LogP contribution in [0, 0.1) is 6.92 Å². The highest BCUT2D eigenvalue weighted by molar-refractivity contribution is 6.09. The first-order chi connectivity index (χ1) is 9.75. The van der Waals surface area contributed by atoms with Gasteiger partial charge in [-0.2, -0.15) is 0 Å². The van der Waals surface area contributed by atoms with Gasteiger partial charge in [-0.15, -0.1) is 0 Å². The van der Waals surface area contributed by atoms with Gasteiger partial charge in [-0.1, -0.05) is 36.4 Å². The average Bonchev–Trinajstić information content (AvgIpc) is 2.51. The van der Waals surface area contributed by atoms with Crippen LogP contribution in [0.15, 0.2) is 60.8 Å². The van der Waals surface area contributed by atoms with E-state index in [9.17, 15) is 4.79 Å². The SMILES string of the molecule is Cc1cnc2ccccc2c1NC(=O)c1ccccc1. The summed E-state index contributed by atoms with van der Waals surface area (Å²) in [6.07, 6.45) is 1.78. The van der Waals surface area contributed by atoms with Crippen molar-refractivity contribution < 1.29 is 4.79 Å². The number of para-hydroxylation sites is 1. The van der Waals surface area contributed by atoms with Crippen molar-refractivity contribution in [2.24, 2.45) is 0 Å². The van der Waals surface area contributed by atoms with Crippen LogP contribution in [0.5, 0.6) is 0 Å². The van der Waals surface area contributed by atoms with Gasteiger partial charge in [0.1, 0.15) is 0 Å². The number of carbonyl (C=O) groups excluding carboxylic acids is 1. The summed E-state index contributed by atoms with van der Waals surface area (Å²) in [6.45, 7) is 1.94. The Morgan fingerprint density at radius 2 is 1.70 bits per heavy atom. The van der Waals surface area contributed by atoms with Crippen LogP contribution in [-0.4, -0.2) is 10.9 Å². The van der Waals surface area contributed by atoms with Crippen molar-refractivity contribution in [3.05, 3.63) is 71.9 Å². The second kappa shape index (κ2) is 5.13. The number of anilines is 1. The van der Waals surface area contributed by atoms with Crippen molar-refractivity contribution in [1.82, 2.24) is 4.98 Å². The number of benzene rings is 2. The monoisotopic (exact) mass is 262 g/mol. The molecule has 0 saturated heterocycles. The van der Waals surface area contributed by atoms with Crippen LogP contribution >= 0.6 is 0 Å². The standard InChI is InChI=1S/C17H14N2O/c1-12-11-18-15-10-6-5-9-14(15)16(12)19-17(20)13-7-3-2-4-8-13/h2-11H,1H3,(H,18,19,20). The van der Waals surface area contributed by atoms with Crippen molar-refractivity contribution >= 4 is 22.5 Å². The van der Waals surface area contributed by atoms with Gasteiger partial charge in [-0.25, -0.2) is 0 Å². The Hall–Kier alpha value is -2.68. The van der Waals surface area contributed by atoms with Gasteiger partial charge in [0.15, 0.2) is 0 Å². The molecule has 0 spiro atoms. The van der Waals surface area contributed by atoms with Crippen molar-refractivity contribution in [3.63, 3.8) is 0 Å².